The highest BCUT2D eigenvalue weighted by molar-refractivity contribution is 4.84. The summed E-state index contributed by atoms with van der Waals surface area (Å²) in [7, 11) is 0. The van der Waals surface area contributed by atoms with Crippen molar-refractivity contribution >= 4 is 0 Å². The smallest absolute Gasteiger partial charge is 0.106 e. The Balaban J connectivity index is 3.05. The molecule has 1 rings (SSSR count). The molecule has 0 spiro atoms. The summed E-state index contributed by atoms with van der Waals surface area (Å²) in [6, 6.07) is 3.32. The summed E-state index contributed by atoms with van der Waals surface area (Å²) in [5.41, 5.74) is 0. The molecule has 0 aliphatic rings. The van der Waals surface area contributed by atoms with Gasteiger partial charge < -0.3 is 5.21 Å². The second-order valence-corrected chi connectivity index (χ2v) is 0.982. The van der Waals surface area contributed by atoms with Crippen LogP contribution in [0, 0.1) is 6.20 Å². The molecule has 0 atom stereocenters. The Bertz CT molecular complexity index is 111. The van der Waals surface area contributed by atoms with E-state index in [2.05, 4.69) is 6.20 Å². The van der Waals surface area contributed by atoms with Gasteiger partial charge in [0.2, 0.25) is 0 Å². The van der Waals surface area contributed by atoms with Gasteiger partial charge in [-0.15, -0.1) is 0 Å². The first-order valence-corrected chi connectivity index (χ1v) is 1.64. The summed E-state index contributed by atoms with van der Waals surface area (Å²) in [5.74, 6) is 0. The number of hydrogen-bond acceptors (Lipinski definition) is 1. The van der Waals surface area contributed by atoms with Gasteiger partial charge in [0.05, 0.1) is 0 Å². The molecule has 0 bridgehead atoms. The van der Waals surface area contributed by atoms with E-state index in [1.54, 1.807) is 12.1 Å². The zero-order chi connectivity index (χ0) is 4.41. The third-order valence-electron chi connectivity index (χ3n) is 0.530. The van der Waals surface area contributed by atoms with Crippen LogP contribution in [0.2, 0.25) is 0 Å². The predicted octanol–water partition coefficient (Wildman–Crippen LogP) is 0.526. The lowest BCUT2D eigenvalue weighted by molar-refractivity contribution is 0.185. The second-order valence-electron chi connectivity index (χ2n) is 0.982. The molecule has 1 heterocycles. The molecule has 0 saturated heterocycles. The zero-order valence-corrected chi connectivity index (χ0v) is 3.13. The van der Waals surface area contributed by atoms with Gasteiger partial charge in [-0.25, -0.2) is 0 Å². The first-order chi connectivity index (χ1) is 2.89. The molecule has 0 aliphatic carbocycles. The topological polar surface area (TPSA) is 25.2 Å². The maximum absolute atomic E-state index is 8.33. The molecule has 1 aromatic heterocycles. The minimum atomic E-state index is 0.875. The molecule has 6 heavy (non-hydrogen) atoms. The lowest BCUT2D eigenvalue weighted by Crippen LogP contribution is -1.79. The van der Waals surface area contributed by atoms with Crippen LogP contribution in [-0.4, -0.2) is 9.94 Å². The van der Waals surface area contributed by atoms with Crippen LogP contribution in [0.3, 0.4) is 0 Å². The molecule has 31 valence electrons. The lowest BCUT2D eigenvalue weighted by Gasteiger charge is -1.77. The molecule has 0 fully saturated rings. The van der Waals surface area contributed by atoms with Crippen molar-refractivity contribution in [2.75, 3.05) is 0 Å². The van der Waals surface area contributed by atoms with Crippen molar-refractivity contribution in [2.24, 2.45) is 0 Å². The van der Waals surface area contributed by atoms with Crippen molar-refractivity contribution < 1.29 is 5.21 Å². The van der Waals surface area contributed by atoms with E-state index >= 15 is 0 Å². The average Bonchev–Trinajstić information content (AvgIpc) is 1.86. The van der Waals surface area contributed by atoms with Crippen LogP contribution in [0.4, 0.5) is 0 Å². The van der Waals surface area contributed by atoms with Gasteiger partial charge in [0.1, 0.15) is 6.20 Å². The Hall–Kier alpha value is -0.920. The fraction of sp³-hybridized carbons (Fsp3) is 0. The SMILES string of the molecule is On1[c]ccc1. The Morgan fingerprint density at radius 2 is 2.50 bits per heavy atom. The Morgan fingerprint density at radius 1 is 1.67 bits per heavy atom. The van der Waals surface area contributed by atoms with Gasteiger partial charge in [-0.1, -0.05) is 0 Å². The van der Waals surface area contributed by atoms with E-state index in [1.165, 1.54) is 6.20 Å². The fourth-order valence-corrected chi connectivity index (χ4v) is 0.287. The zero-order valence-electron chi connectivity index (χ0n) is 3.13. The molecule has 0 saturated carbocycles. The number of rotatable bonds is 0. The van der Waals surface area contributed by atoms with E-state index in [0.29, 0.717) is 0 Å². The molecule has 1 aromatic rings. The summed E-state index contributed by atoms with van der Waals surface area (Å²) >= 11 is 0. The van der Waals surface area contributed by atoms with Crippen molar-refractivity contribution in [1.29, 1.82) is 0 Å². The van der Waals surface area contributed by atoms with Crippen molar-refractivity contribution in [3.63, 3.8) is 0 Å². The quantitative estimate of drug-likeness (QED) is 0.453. The first kappa shape index (κ1) is 3.28. The maximum atomic E-state index is 8.33. The average molecular weight is 82.1 g/mol. The standard InChI is InChI=1S/C4H4NO/c6-5-3-1-2-4-5/h1-3,6H. The summed E-state index contributed by atoms with van der Waals surface area (Å²) in [6.07, 6.45) is 3.97. The van der Waals surface area contributed by atoms with Gasteiger partial charge >= 0.3 is 0 Å². The molecular weight excluding hydrogens is 78.0 g/mol. The highest BCUT2D eigenvalue weighted by Crippen LogP contribution is 1.78. The molecule has 1 N–H and O–H groups in total. The molecule has 0 aliphatic heterocycles. The molecular formula is C4H4NO. The summed E-state index contributed by atoms with van der Waals surface area (Å²) in [4.78, 5) is 0. The second kappa shape index (κ2) is 1.05. The number of aromatic nitrogens is 1. The molecule has 1 radical (unpaired) electrons. The van der Waals surface area contributed by atoms with Crippen LogP contribution in [0.1, 0.15) is 0 Å². The Kier molecular flexibility index (Phi) is 0.572. The fourth-order valence-electron chi connectivity index (χ4n) is 0.287. The lowest BCUT2D eigenvalue weighted by atomic mass is 10.7. The minimum Gasteiger partial charge on any atom is -0.428 e. The van der Waals surface area contributed by atoms with Crippen LogP contribution < -0.4 is 0 Å². The normalized spacial score (nSPS) is 8.67. The maximum Gasteiger partial charge on any atom is 0.106 e. The van der Waals surface area contributed by atoms with Crippen molar-refractivity contribution in [2.45, 2.75) is 0 Å². The van der Waals surface area contributed by atoms with E-state index in [1.807, 2.05) is 0 Å². The molecule has 0 unspecified atom stereocenters. The van der Waals surface area contributed by atoms with Gasteiger partial charge in [0, 0.05) is 6.20 Å². The molecule has 2 nitrogen and oxygen atoms in total. The Morgan fingerprint density at radius 3 is 2.67 bits per heavy atom. The van der Waals surface area contributed by atoms with Crippen LogP contribution in [-0.2, 0) is 0 Å². The van der Waals surface area contributed by atoms with E-state index in [9.17, 15) is 0 Å². The summed E-state index contributed by atoms with van der Waals surface area (Å²) < 4.78 is 0.875. The highest BCUT2D eigenvalue weighted by Gasteiger charge is 1.72. The number of nitrogens with zero attached hydrogens (tertiary/aromatic N) is 1. The summed E-state index contributed by atoms with van der Waals surface area (Å²) in [5, 5.41) is 8.33. The van der Waals surface area contributed by atoms with Crippen molar-refractivity contribution in [3.8, 4) is 0 Å². The van der Waals surface area contributed by atoms with Crippen molar-refractivity contribution in [3.05, 3.63) is 24.5 Å². The van der Waals surface area contributed by atoms with E-state index in [-0.39, 0.29) is 0 Å². The Labute approximate surface area is 35.6 Å². The summed E-state index contributed by atoms with van der Waals surface area (Å²) in [6.45, 7) is 0. The van der Waals surface area contributed by atoms with Crippen LogP contribution in [0.15, 0.2) is 18.3 Å². The largest absolute Gasteiger partial charge is 0.428 e. The highest BCUT2D eigenvalue weighted by atomic mass is 16.5. The minimum absolute atomic E-state index is 0.875. The van der Waals surface area contributed by atoms with Gasteiger partial charge in [-0.05, 0) is 12.1 Å². The first-order valence-electron chi connectivity index (χ1n) is 1.64. The molecule has 0 amide bonds. The van der Waals surface area contributed by atoms with Gasteiger partial charge in [-0.2, -0.15) is 4.73 Å². The van der Waals surface area contributed by atoms with E-state index in [0.717, 1.165) is 4.73 Å². The van der Waals surface area contributed by atoms with E-state index in [4.69, 9.17) is 5.21 Å². The number of hydrogen-bond donors (Lipinski definition) is 1. The third-order valence-corrected chi connectivity index (χ3v) is 0.530. The monoisotopic (exact) mass is 82.0 g/mol. The molecule has 2 heteroatoms. The van der Waals surface area contributed by atoms with Crippen LogP contribution in [0.25, 0.3) is 0 Å². The third kappa shape index (κ3) is 0.360. The molecule has 0 aromatic carbocycles. The van der Waals surface area contributed by atoms with Gasteiger partial charge in [0.25, 0.3) is 0 Å². The predicted molar refractivity (Wildman–Crippen MR) is 20.5 cm³/mol. The van der Waals surface area contributed by atoms with Crippen molar-refractivity contribution in [1.82, 2.24) is 4.73 Å². The van der Waals surface area contributed by atoms with Gasteiger partial charge in [0.15, 0.2) is 0 Å². The van der Waals surface area contributed by atoms with E-state index < -0.39 is 0 Å². The van der Waals surface area contributed by atoms with Crippen LogP contribution in [0.5, 0.6) is 0 Å². The van der Waals surface area contributed by atoms with Crippen LogP contribution >= 0.6 is 0 Å². The van der Waals surface area contributed by atoms with Gasteiger partial charge in [-0.3, -0.25) is 0 Å².